The minimum atomic E-state index is -0.172. The average Bonchev–Trinajstić information content (AvgIpc) is 3.01. The van der Waals surface area contributed by atoms with E-state index in [-0.39, 0.29) is 12.5 Å². The Labute approximate surface area is 141 Å². The van der Waals surface area contributed by atoms with Gasteiger partial charge in [-0.1, -0.05) is 44.2 Å². The predicted molar refractivity (Wildman–Crippen MR) is 94.0 cm³/mol. The van der Waals surface area contributed by atoms with Crippen LogP contribution in [-0.2, 0) is 11.3 Å². The van der Waals surface area contributed by atoms with Gasteiger partial charge in [0.1, 0.15) is 11.6 Å². The molecular weight excluding hydrogens is 302 g/mol. The fourth-order valence-corrected chi connectivity index (χ4v) is 2.55. The van der Waals surface area contributed by atoms with Gasteiger partial charge >= 0.3 is 0 Å². The highest BCUT2D eigenvalue weighted by molar-refractivity contribution is 5.78. The molecule has 0 bridgehead atoms. The fourth-order valence-electron chi connectivity index (χ4n) is 2.55. The first kappa shape index (κ1) is 16.1. The van der Waals surface area contributed by atoms with E-state index in [1.807, 2.05) is 48.5 Å². The number of carbonyl (C=O) groups excluding carboxylic acids is 1. The summed E-state index contributed by atoms with van der Waals surface area (Å²) in [6.07, 6.45) is 0. The molecule has 1 aromatic heterocycles. The van der Waals surface area contributed by atoms with E-state index < -0.39 is 0 Å². The Morgan fingerprint density at radius 2 is 1.92 bits per heavy atom. The number of fused-ring (bicyclic) bond motifs is 1. The first-order valence-corrected chi connectivity index (χ1v) is 8.05. The van der Waals surface area contributed by atoms with Gasteiger partial charge in [-0.05, 0) is 29.7 Å². The minimum absolute atomic E-state index is 0.00996. The lowest BCUT2D eigenvalue weighted by Crippen LogP contribution is -2.29. The van der Waals surface area contributed by atoms with Crippen LogP contribution in [-0.4, -0.2) is 22.5 Å². The number of hydrogen-bond donors (Lipinski definition) is 2. The highest BCUT2D eigenvalue weighted by Gasteiger charge is 2.10. The Balaban J connectivity index is 1.54. The van der Waals surface area contributed by atoms with Crippen molar-refractivity contribution in [2.75, 3.05) is 6.61 Å². The number of para-hydroxylation sites is 3. The van der Waals surface area contributed by atoms with E-state index in [2.05, 4.69) is 29.1 Å². The van der Waals surface area contributed by atoms with Gasteiger partial charge in [-0.15, -0.1) is 0 Å². The van der Waals surface area contributed by atoms with Gasteiger partial charge in [-0.25, -0.2) is 4.98 Å². The second kappa shape index (κ2) is 7.17. The number of ether oxygens (including phenoxy) is 1. The number of nitrogens with one attached hydrogen (secondary N) is 2. The molecule has 0 spiro atoms. The SMILES string of the molecule is CC(C)c1ccccc1OCC(=O)NCc1nc2ccccc2[nH]1. The summed E-state index contributed by atoms with van der Waals surface area (Å²) in [5.41, 5.74) is 2.95. The van der Waals surface area contributed by atoms with Crippen molar-refractivity contribution in [1.29, 1.82) is 0 Å². The molecule has 0 saturated carbocycles. The maximum absolute atomic E-state index is 12.0. The smallest absolute Gasteiger partial charge is 0.258 e. The van der Waals surface area contributed by atoms with Gasteiger partial charge < -0.3 is 15.0 Å². The Morgan fingerprint density at radius 1 is 1.17 bits per heavy atom. The second-order valence-corrected chi connectivity index (χ2v) is 5.96. The third-order valence-electron chi connectivity index (χ3n) is 3.79. The third kappa shape index (κ3) is 3.74. The number of aromatic nitrogens is 2. The van der Waals surface area contributed by atoms with E-state index in [0.29, 0.717) is 12.5 Å². The van der Waals surface area contributed by atoms with Crippen molar-refractivity contribution < 1.29 is 9.53 Å². The second-order valence-electron chi connectivity index (χ2n) is 5.96. The first-order valence-electron chi connectivity index (χ1n) is 8.05. The standard InChI is InChI=1S/C19H21N3O2/c1-13(2)14-7-3-6-10-17(14)24-12-19(23)20-11-18-21-15-8-4-5-9-16(15)22-18/h3-10,13H,11-12H2,1-2H3,(H,20,23)(H,21,22). The summed E-state index contributed by atoms with van der Waals surface area (Å²) in [5, 5.41) is 2.82. The molecule has 5 nitrogen and oxygen atoms in total. The molecule has 0 aliphatic heterocycles. The number of imidazole rings is 1. The molecular formula is C19H21N3O2. The minimum Gasteiger partial charge on any atom is -0.483 e. The van der Waals surface area contributed by atoms with Gasteiger partial charge in [0.2, 0.25) is 0 Å². The molecule has 0 unspecified atom stereocenters. The summed E-state index contributed by atoms with van der Waals surface area (Å²) in [6.45, 7) is 4.54. The quantitative estimate of drug-likeness (QED) is 0.731. The van der Waals surface area contributed by atoms with Crippen molar-refractivity contribution in [3.63, 3.8) is 0 Å². The molecule has 0 atom stereocenters. The molecule has 124 valence electrons. The molecule has 0 saturated heterocycles. The Bertz CT molecular complexity index is 806. The monoisotopic (exact) mass is 323 g/mol. The van der Waals surface area contributed by atoms with Crippen LogP contribution in [0.1, 0.15) is 31.2 Å². The summed E-state index contributed by atoms with van der Waals surface area (Å²) in [7, 11) is 0. The van der Waals surface area contributed by atoms with Gasteiger partial charge in [-0.2, -0.15) is 0 Å². The molecule has 0 aliphatic carbocycles. The van der Waals surface area contributed by atoms with Gasteiger partial charge in [0.05, 0.1) is 17.6 Å². The molecule has 1 heterocycles. The third-order valence-corrected chi connectivity index (χ3v) is 3.79. The summed E-state index contributed by atoms with van der Waals surface area (Å²) in [5.74, 6) is 1.66. The molecule has 0 fully saturated rings. The zero-order chi connectivity index (χ0) is 16.9. The number of amides is 1. The van der Waals surface area contributed by atoms with Crippen LogP contribution in [0, 0.1) is 0 Å². The van der Waals surface area contributed by atoms with Crippen LogP contribution in [0.25, 0.3) is 11.0 Å². The molecule has 2 aromatic carbocycles. The van der Waals surface area contributed by atoms with E-state index in [0.717, 1.165) is 28.2 Å². The van der Waals surface area contributed by atoms with Crippen LogP contribution in [0.15, 0.2) is 48.5 Å². The Kier molecular flexibility index (Phi) is 4.79. The number of hydrogen-bond acceptors (Lipinski definition) is 3. The molecule has 1 amide bonds. The van der Waals surface area contributed by atoms with Crippen LogP contribution in [0.4, 0.5) is 0 Å². The van der Waals surface area contributed by atoms with Gasteiger partial charge in [-0.3, -0.25) is 4.79 Å². The Morgan fingerprint density at radius 3 is 2.71 bits per heavy atom. The van der Waals surface area contributed by atoms with E-state index in [9.17, 15) is 4.79 Å². The molecule has 5 heteroatoms. The molecule has 0 aliphatic rings. The number of rotatable bonds is 6. The van der Waals surface area contributed by atoms with Crippen molar-refractivity contribution in [3.8, 4) is 5.75 Å². The van der Waals surface area contributed by atoms with Crippen LogP contribution >= 0.6 is 0 Å². The highest BCUT2D eigenvalue weighted by Crippen LogP contribution is 2.25. The first-order chi connectivity index (χ1) is 11.6. The Hall–Kier alpha value is -2.82. The lowest BCUT2D eigenvalue weighted by Gasteiger charge is -2.13. The number of nitrogens with zero attached hydrogens (tertiary/aromatic N) is 1. The summed E-state index contributed by atoms with van der Waals surface area (Å²) < 4.78 is 5.66. The zero-order valence-electron chi connectivity index (χ0n) is 13.9. The highest BCUT2D eigenvalue weighted by atomic mass is 16.5. The van der Waals surface area contributed by atoms with Gasteiger partial charge in [0.15, 0.2) is 6.61 Å². The van der Waals surface area contributed by atoms with Gasteiger partial charge in [0.25, 0.3) is 5.91 Å². The molecule has 0 radical (unpaired) electrons. The predicted octanol–water partition coefficient (Wildman–Crippen LogP) is 3.38. The molecule has 24 heavy (non-hydrogen) atoms. The topological polar surface area (TPSA) is 67.0 Å². The van der Waals surface area contributed by atoms with Crippen LogP contribution in [0.2, 0.25) is 0 Å². The number of carbonyl (C=O) groups is 1. The lowest BCUT2D eigenvalue weighted by molar-refractivity contribution is -0.123. The largest absolute Gasteiger partial charge is 0.483 e. The zero-order valence-corrected chi connectivity index (χ0v) is 13.9. The maximum atomic E-state index is 12.0. The van der Waals surface area contributed by atoms with E-state index in [4.69, 9.17) is 4.74 Å². The van der Waals surface area contributed by atoms with Crippen molar-refractivity contribution in [2.24, 2.45) is 0 Å². The number of aromatic amines is 1. The van der Waals surface area contributed by atoms with Crippen molar-refractivity contribution in [1.82, 2.24) is 15.3 Å². The summed E-state index contributed by atoms with van der Waals surface area (Å²) >= 11 is 0. The normalized spacial score (nSPS) is 11.0. The molecule has 3 aromatic rings. The van der Waals surface area contributed by atoms with E-state index >= 15 is 0 Å². The molecule has 2 N–H and O–H groups in total. The van der Waals surface area contributed by atoms with Crippen LogP contribution in [0.3, 0.4) is 0 Å². The van der Waals surface area contributed by atoms with E-state index in [1.165, 1.54) is 0 Å². The van der Waals surface area contributed by atoms with E-state index in [1.54, 1.807) is 0 Å². The number of benzene rings is 2. The van der Waals surface area contributed by atoms with Crippen LogP contribution in [0.5, 0.6) is 5.75 Å². The number of H-pyrrole nitrogens is 1. The van der Waals surface area contributed by atoms with Crippen molar-refractivity contribution >= 4 is 16.9 Å². The van der Waals surface area contributed by atoms with Gasteiger partial charge in [0, 0.05) is 0 Å². The molecule has 3 rings (SSSR count). The maximum Gasteiger partial charge on any atom is 0.258 e. The van der Waals surface area contributed by atoms with Crippen LogP contribution < -0.4 is 10.1 Å². The summed E-state index contributed by atoms with van der Waals surface area (Å²) in [6, 6.07) is 15.6. The lowest BCUT2D eigenvalue weighted by atomic mass is 10.0. The summed E-state index contributed by atoms with van der Waals surface area (Å²) in [4.78, 5) is 19.6. The fraction of sp³-hybridized carbons (Fsp3) is 0.263. The average molecular weight is 323 g/mol. The van der Waals surface area contributed by atoms with Crippen molar-refractivity contribution in [3.05, 3.63) is 59.9 Å². The van der Waals surface area contributed by atoms with Crippen molar-refractivity contribution in [2.45, 2.75) is 26.3 Å².